The number of hydrogen-bond donors (Lipinski definition) is 0. The van der Waals surface area contributed by atoms with Gasteiger partial charge in [-0.1, -0.05) is 5.16 Å². The molecule has 0 spiro atoms. The van der Waals surface area contributed by atoms with Crippen LogP contribution in [0.2, 0.25) is 0 Å². The average molecular weight is 301 g/mol. The van der Waals surface area contributed by atoms with Crippen LogP contribution in [0.25, 0.3) is 0 Å². The third-order valence-electron chi connectivity index (χ3n) is 2.01. The zero-order valence-corrected chi connectivity index (χ0v) is 10.9. The van der Waals surface area contributed by atoms with Crippen LogP contribution in [0.5, 0.6) is 0 Å². The van der Waals surface area contributed by atoms with Gasteiger partial charge in [0, 0.05) is 27.8 Å². The fraction of sp³-hybridized carbons (Fsp3) is 0.200. The number of aromatic nitrogens is 1. The van der Waals surface area contributed by atoms with Gasteiger partial charge in [0.05, 0.1) is 12.7 Å². The van der Waals surface area contributed by atoms with Crippen molar-refractivity contribution in [2.45, 2.75) is 6.54 Å². The van der Waals surface area contributed by atoms with E-state index >= 15 is 0 Å². The normalized spacial score (nSPS) is 10.4. The van der Waals surface area contributed by atoms with Crippen molar-refractivity contribution in [2.24, 2.45) is 0 Å². The van der Waals surface area contributed by atoms with Gasteiger partial charge in [-0.3, -0.25) is 4.79 Å². The second-order valence-electron chi connectivity index (χ2n) is 3.27. The van der Waals surface area contributed by atoms with Gasteiger partial charge in [0.15, 0.2) is 0 Å². The zero-order chi connectivity index (χ0) is 11.5. The molecule has 2 rings (SSSR count). The van der Waals surface area contributed by atoms with Gasteiger partial charge in [-0.15, -0.1) is 11.3 Å². The summed E-state index contributed by atoms with van der Waals surface area (Å²) >= 11 is 4.98. The Morgan fingerprint density at radius 1 is 1.69 bits per heavy atom. The summed E-state index contributed by atoms with van der Waals surface area (Å²) in [7, 11) is 1.73. The van der Waals surface area contributed by atoms with Crippen molar-refractivity contribution in [3.05, 3.63) is 38.8 Å². The lowest BCUT2D eigenvalue weighted by Gasteiger charge is -2.13. The molecule has 2 heterocycles. The van der Waals surface area contributed by atoms with E-state index in [0.29, 0.717) is 6.54 Å². The minimum atomic E-state index is -0.165. The number of hydrogen-bond acceptors (Lipinski definition) is 4. The van der Waals surface area contributed by atoms with E-state index in [1.54, 1.807) is 29.4 Å². The molecule has 0 unspecified atom stereocenters. The number of carbonyl (C=O) groups is 1. The highest BCUT2D eigenvalue weighted by Gasteiger charge is 2.15. The van der Waals surface area contributed by atoms with Crippen molar-refractivity contribution in [2.75, 3.05) is 7.05 Å². The van der Waals surface area contributed by atoms with Crippen molar-refractivity contribution in [3.8, 4) is 0 Å². The Bertz CT molecular complexity index is 481. The molecule has 0 fully saturated rings. The lowest BCUT2D eigenvalue weighted by Crippen LogP contribution is -2.25. The number of halogens is 1. The second-order valence-corrected chi connectivity index (χ2v) is 5.18. The summed E-state index contributed by atoms with van der Waals surface area (Å²) < 4.78 is 5.85. The fourth-order valence-corrected chi connectivity index (χ4v) is 2.76. The predicted octanol–water partition coefficient (Wildman–Crippen LogP) is 2.77. The van der Waals surface area contributed by atoms with Crippen LogP contribution in [0.15, 0.2) is 32.7 Å². The molecule has 84 valence electrons. The first kappa shape index (κ1) is 11.3. The van der Waals surface area contributed by atoms with Crippen LogP contribution >= 0.6 is 27.3 Å². The summed E-state index contributed by atoms with van der Waals surface area (Å²) in [5, 5.41) is 5.50. The maximum absolute atomic E-state index is 11.8. The van der Waals surface area contributed by atoms with E-state index < -0.39 is 0 Å². The van der Waals surface area contributed by atoms with Gasteiger partial charge >= 0.3 is 0 Å². The molecule has 0 aliphatic rings. The first-order chi connectivity index (χ1) is 7.66. The lowest BCUT2D eigenvalue weighted by atomic mass is 10.3. The summed E-state index contributed by atoms with van der Waals surface area (Å²) in [6.45, 7) is 0.565. The highest BCUT2D eigenvalue weighted by atomic mass is 79.9. The number of thiophene rings is 1. The molecule has 0 saturated carbocycles. The molecule has 0 aromatic carbocycles. The molecule has 0 atom stereocenters. The molecule has 0 saturated heterocycles. The number of rotatable bonds is 3. The Balaban J connectivity index is 2.03. The third kappa shape index (κ3) is 2.51. The Morgan fingerprint density at radius 3 is 3.06 bits per heavy atom. The first-order valence-corrected chi connectivity index (χ1v) is 6.23. The van der Waals surface area contributed by atoms with Crippen molar-refractivity contribution >= 4 is 33.2 Å². The quantitative estimate of drug-likeness (QED) is 0.875. The van der Waals surface area contributed by atoms with Gasteiger partial charge in [-0.25, -0.2) is 0 Å². The van der Waals surface area contributed by atoms with Crippen molar-refractivity contribution < 1.29 is 9.32 Å². The van der Waals surface area contributed by atoms with Gasteiger partial charge in [0.2, 0.25) is 5.76 Å². The van der Waals surface area contributed by atoms with Crippen LogP contribution in [0.1, 0.15) is 15.4 Å². The van der Waals surface area contributed by atoms with E-state index in [9.17, 15) is 4.79 Å². The maximum atomic E-state index is 11.8. The maximum Gasteiger partial charge on any atom is 0.292 e. The predicted molar refractivity (Wildman–Crippen MR) is 64.3 cm³/mol. The highest BCUT2D eigenvalue weighted by Crippen LogP contribution is 2.21. The Hall–Kier alpha value is -1.14. The van der Waals surface area contributed by atoms with Crippen LogP contribution in [0, 0.1) is 0 Å². The number of carbonyl (C=O) groups excluding carboxylic acids is 1. The van der Waals surface area contributed by atoms with Gasteiger partial charge < -0.3 is 9.42 Å². The SMILES string of the molecule is CN(Cc1cc(Br)cs1)C(=O)c1ccno1. The summed E-state index contributed by atoms with van der Waals surface area (Å²) in [5.74, 6) is 0.0974. The summed E-state index contributed by atoms with van der Waals surface area (Å²) in [4.78, 5) is 14.5. The van der Waals surface area contributed by atoms with Gasteiger partial charge in [-0.2, -0.15) is 0 Å². The van der Waals surface area contributed by atoms with Crippen LogP contribution in [-0.4, -0.2) is 23.0 Å². The number of amides is 1. The smallest absolute Gasteiger partial charge is 0.292 e. The van der Waals surface area contributed by atoms with E-state index in [4.69, 9.17) is 4.52 Å². The minimum Gasteiger partial charge on any atom is -0.351 e. The Labute approximate surface area is 105 Å². The molecule has 2 aromatic heterocycles. The van der Waals surface area contributed by atoms with E-state index in [1.807, 2.05) is 11.4 Å². The average Bonchev–Trinajstić information content (AvgIpc) is 2.88. The van der Waals surface area contributed by atoms with E-state index in [0.717, 1.165) is 9.35 Å². The van der Waals surface area contributed by atoms with Crippen LogP contribution in [0.4, 0.5) is 0 Å². The standard InChI is InChI=1S/C10H9BrN2O2S/c1-13(5-8-4-7(11)6-16-8)10(14)9-2-3-12-15-9/h2-4,6H,5H2,1H3. The molecule has 16 heavy (non-hydrogen) atoms. The molecule has 0 aliphatic heterocycles. The molecular weight excluding hydrogens is 292 g/mol. The largest absolute Gasteiger partial charge is 0.351 e. The molecule has 6 heteroatoms. The molecule has 0 radical (unpaired) electrons. The first-order valence-electron chi connectivity index (χ1n) is 4.56. The topological polar surface area (TPSA) is 46.3 Å². The molecule has 0 aliphatic carbocycles. The highest BCUT2D eigenvalue weighted by molar-refractivity contribution is 9.10. The van der Waals surface area contributed by atoms with Crippen LogP contribution < -0.4 is 0 Å². The van der Waals surface area contributed by atoms with Crippen molar-refractivity contribution in [1.82, 2.24) is 10.1 Å². The van der Waals surface area contributed by atoms with E-state index in [1.165, 1.54) is 6.20 Å². The van der Waals surface area contributed by atoms with E-state index in [2.05, 4.69) is 21.1 Å². The molecule has 0 bridgehead atoms. The van der Waals surface area contributed by atoms with Gasteiger partial charge in [-0.05, 0) is 22.0 Å². The summed E-state index contributed by atoms with van der Waals surface area (Å²) in [6.07, 6.45) is 1.46. The Kier molecular flexibility index (Phi) is 3.40. The fourth-order valence-electron chi connectivity index (χ4n) is 1.26. The lowest BCUT2D eigenvalue weighted by molar-refractivity contribution is 0.0745. The Morgan fingerprint density at radius 2 is 2.50 bits per heavy atom. The van der Waals surface area contributed by atoms with Crippen LogP contribution in [-0.2, 0) is 6.54 Å². The van der Waals surface area contributed by atoms with Crippen molar-refractivity contribution in [3.63, 3.8) is 0 Å². The summed E-state index contributed by atoms with van der Waals surface area (Å²) in [6, 6.07) is 3.55. The van der Waals surface area contributed by atoms with E-state index in [-0.39, 0.29) is 11.7 Å². The third-order valence-corrected chi connectivity index (χ3v) is 3.69. The zero-order valence-electron chi connectivity index (χ0n) is 8.51. The van der Waals surface area contributed by atoms with Crippen LogP contribution in [0.3, 0.4) is 0 Å². The molecule has 2 aromatic rings. The summed E-state index contributed by atoms with van der Waals surface area (Å²) in [5.41, 5.74) is 0. The van der Waals surface area contributed by atoms with Gasteiger partial charge in [0.1, 0.15) is 0 Å². The monoisotopic (exact) mass is 300 g/mol. The molecular formula is C10H9BrN2O2S. The second kappa shape index (κ2) is 4.80. The molecule has 4 nitrogen and oxygen atoms in total. The van der Waals surface area contributed by atoms with Gasteiger partial charge in [0.25, 0.3) is 5.91 Å². The number of nitrogens with zero attached hydrogens (tertiary/aromatic N) is 2. The van der Waals surface area contributed by atoms with Crippen molar-refractivity contribution in [1.29, 1.82) is 0 Å². The minimum absolute atomic E-state index is 0.165. The molecule has 0 N–H and O–H groups in total. The molecule has 1 amide bonds.